The summed E-state index contributed by atoms with van der Waals surface area (Å²) in [6, 6.07) is 7.12. The predicted molar refractivity (Wildman–Crippen MR) is 118 cm³/mol. The maximum absolute atomic E-state index is 13.7. The van der Waals surface area contributed by atoms with Gasteiger partial charge in [-0.1, -0.05) is 43.2 Å². The fraction of sp³-hybridized carbons (Fsp3) is 0.560. The second-order valence-corrected chi connectivity index (χ2v) is 9.97. The summed E-state index contributed by atoms with van der Waals surface area (Å²) >= 11 is 0. The molecule has 2 bridgehead atoms. The highest BCUT2D eigenvalue weighted by atomic mass is 16.5. The van der Waals surface area contributed by atoms with Gasteiger partial charge in [0, 0.05) is 17.8 Å². The minimum absolute atomic E-state index is 0.0675. The van der Waals surface area contributed by atoms with Gasteiger partial charge in [0.2, 0.25) is 17.7 Å². The van der Waals surface area contributed by atoms with Crippen LogP contribution in [0.25, 0.3) is 0 Å². The molecule has 0 radical (unpaired) electrons. The van der Waals surface area contributed by atoms with E-state index >= 15 is 0 Å². The molecule has 5 atom stereocenters. The Kier molecular flexibility index (Phi) is 4.47. The summed E-state index contributed by atoms with van der Waals surface area (Å²) in [6.07, 6.45) is 9.26. The van der Waals surface area contributed by atoms with E-state index in [0.717, 1.165) is 49.8 Å². The third-order valence-electron chi connectivity index (χ3n) is 7.91. The summed E-state index contributed by atoms with van der Waals surface area (Å²) in [6.45, 7) is 1.94. The summed E-state index contributed by atoms with van der Waals surface area (Å²) < 4.78 is 6.37. The maximum Gasteiger partial charge on any atom is 0.246 e. The first-order chi connectivity index (χ1) is 15.5. The van der Waals surface area contributed by atoms with Gasteiger partial charge in [-0.25, -0.2) is 0 Å². The smallest absolute Gasteiger partial charge is 0.246 e. The number of anilines is 1. The molecule has 5 aliphatic rings. The molecular weight excluding hydrogens is 406 g/mol. The van der Waals surface area contributed by atoms with Crippen molar-refractivity contribution in [1.29, 1.82) is 0 Å². The number of fused-ring (bicyclic) bond motifs is 1. The average Bonchev–Trinajstić information content (AvgIpc) is 3.12. The Labute approximate surface area is 187 Å². The standard InChI is InChI=1S/C25H29N3O4/c1-14-6-2-5-9-17(14)27-22(29)19-18-12-13-25(32-18)20(19)24(31)28(16-10-11-16)21(25)23(30)26-15-7-3-4-8-15/h2,5-6,9,12-13,15-16,18-21H,3-4,7-8,10-11H2,1H3,(H,26,30)(H,27,29)/t18-,19-,20-,21+,25-/m1/s1. The van der Waals surface area contributed by atoms with E-state index in [2.05, 4.69) is 10.6 Å². The fourth-order valence-electron chi connectivity index (χ4n) is 6.23. The van der Waals surface area contributed by atoms with E-state index in [1.54, 1.807) is 4.90 Å². The van der Waals surface area contributed by atoms with Crippen LogP contribution in [0.5, 0.6) is 0 Å². The molecule has 0 unspecified atom stereocenters. The number of benzene rings is 1. The molecule has 2 saturated heterocycles. The molecular formula is C25H29N3O4. The summed E-state index contributed by atoms with van der Waals surface area (Å²) in [7, 11) is 0. The van der Waals surface area contributed by atoms with Crippen LogP contribution < -0.4 is 10.6 Å². The van der Waals surface area contributed by atoms with Crippen LogP contribution in [-0.4, -0.2) is 52.5 Å². The van der Waals surface area contributed by atoms with Gasteiger partial charge in [-0.3, -0.25) is 14.4 Å². The highest BCUT2D eigenvalue weighted by Gasteiger charge is 2.74. The molecule has 3 aliphatic heterocycles. The molecule has 6 rings (SSSR count). The Balaban J connectivity index is 1.31. The first kappa shape index (κ1) is 20.0. The van der Waals surface area contributed by atoms with Gasteiger partial charge < -0.3 is 20.3 Å². The fourth-order valence-corrected chi connectivity index (χ4v) is 6.23. The number of nitrogens with one attached hydrogen (secondary N) is 2. The highest BCUT2D eigenvalue weighted by molar-refractivity contribution is 6.03. The largest absolute Gasteiger partial charge is 0.359 e. The quantitative estimate of drug-likeness (QED) is 0.695. The molecule has 2 N–H and O–H groups in total. The molecule has 32 heavy (non-hydrogen) atoms. The molecule has 2 saturated carbocycles. The molecule has 1 aromatic carbocycles. The molecule has 168 valence electrons. The SMILES string of the molecule is Cc1ccccc1NC(=O)[C@@H]1[C@H]2C=C[C@]3(O2)[C@H](C(=O)NC2CCCC2)N(C2CC2)C(=O)[C@@H]13. The van der Waals surface area contributed by atoms with Crippen molar-refractivity contribution in [2.24, 2.45) is 11.8 Å². The van der Waals surface area contributed by atoms with E-state index in [4.69, 9.17) is 4.74 Å². The van der Waals surface area contributed by atoms with E-state index in [-0.39, 0.29) is 29.8 Å². The first-order valence-corrected chi connectivity index (χ1v) is 11.9. The Hall–Kier alpha value is -2.67. The summed E-state index contributed by atoms with van der Waals surface area (Å²) in [5.41, 5.74) is 0.639. The van der Waals surface area contributed by atoms with Gasteiger partial charge in [-0.15, -0.1) is 0 Å². The van der Waals surface area contributed by atoms with Crippen LogP contribution in [0.15, 0.2) is 36.4 Å². The number of amides is 3. The molecule has 2 aliphatic carbocycles. The minimum atomic E-state index is -1.05. The summed E-state index contributed by atoms with van der Waals surface area (Å²) in [5, 5.41) is 6.19. The Morgan fingerprint density at radius 1 is 1.09 bits per heavy atom. The number of aryl methyl sites for hydroxylation is 1. The van der Waals surface area contributed by atoms with Crippen molar-refractivity contribution in [3.8, 4) is 0 Å². The molecule has 7 nitrogen and oxygen atoms in total. The van der Waals surface area contributed by atoms with Crippen molar-refractivity contribution in [2.75, 3.05) is 5.32 Å². The van der Waals surface area contributed by atoms with Crippen molar-refractivity contribution in [3.63, 3.8) is 0 Å². The molecule has 0 aromatic heterocycles. The normalized spacial score (nSPS) is 35.4. The van der Waals surface area contributed by atoms with E-state index in [9.17, 15) is 14.4 Å². The third-order valence-corrected chi connectivity index (χ3v) is 7.91. The van der Waals surface area contributed by atoms with E-state index < -0.39 is 29.6 Å². The summed E-state index contributed by atoms with van der Waals surface area (Å²) in [4.78, 5) is 42.3. The van der Waals surface area contributed by atoms with Gasteiger partial charge in [-0.05, 0) is 44.2 Å². The summed E-state index contributed by atoms with van der Waals surface area (Å²) in [5.74, 6) is -1.78. The lowest BCUT2D eigenvalue weighted by Crippen LogP contribution is -2.56. The number of carbonyl (C=O) groups is 3. The van der Waals surface area contributed by atoms with Crippen molar-refractivity contribution >= 4 is 23.4 Å². The van der Waals surface area contributed by atoms with Gasteiger partial charge in [0.25, 0.3) is 0 Å². The van der Waals surface area contributed by atoms with Gasteiger partial charge in [0.1, 0.15) is 11.6 Å². The van der Waals surface area contributed by atoms with Crippen LogP contribution in [-0.2, 0) is 19.1 Å². The van der Waals surface area contributed by atoms with Crippen LogP contribution in [0.1, 0.15) is 44.1 Å². The van der Waals surface area contributed by atoms with Gasteiger partial charge in [-0.2, -0.15) is 0 Å². The molecule has 4 fully saturated rings. The van der Waals surface area contributed by atoms with Crippen molar-refractivity contribution in [2.45, 2.75) is 75.3 Å². The van der Waals surface area contributed by atoms with Crippen LogP contribution in [0.4, 0.5) is 5.69 Å². The Morgan fingerprint density at radius 3 is 2.56 bits per heavy atom. The van der Waals surface area contributed by atoms with Crippen molar-refractivity contribution < 1.29 is 19.1 Å². The monoisotopic (exact) mass is 435 g/mol. The topological polar surface area (TPSA) is 87.7 Å². The second kappa shape index (κ2) is 7.17. The van der Waals surface area contributed by atoms with Gasteiger partial charge in [0.15, 0.2) is 0 Å². The third kappa shape index (κ3) is 2.86. The second-order valence-electron chi connectivity index (χ2n) is 9.97. The molecule has 3 heterocycles. The van der Waals surface area contributed by atoms with E-state index in [0.29, 0.717) is 0 Å². The average molecular weight is 436 g/mol. The van der Waals surface area contributed by atoms with Crippen LogP contribution in [0.2, 0.25) is 0 Å². The van der Waals surface area contributed by atoms with Gasteiger partial charge in [0.05, 0.1) is 17.9 Å². The number of rotatable bonds is 5. The molecule has 3 amide bonds. The zero-order chi connectivity index (χ0) is 22.0. The molecule has 7 heteroatoms. The van der Waals surface area contributed by atoms with Gasteiger partial charge >= 0.3 is 0 Å². The minimum Gasteiger partial charge on any atom is -0.359 e. The van der Waals surface area contributed by atoms with Crippen LogP contribution >= 0.6 is 0 Å². The van der Waals surface area contributed by atoms with Crippen molar-refractivity contribution in [3.05, 3.63) is 42.0 Å². The van der Waals surface area contributed by atoms with Crippen LogP contribution in [0, 0.1) is 18.8 Å². The molecule has 1 spiro atoms. The number of ether oxygens (including phenoxy) is 1. The Bertz CT molecular complexity index is 1010. The zero-order valence-corrected chi connectivity index (χ0v) is 18.3. The van der Waals surface area contributed by atoms with E-state index in [1.807, 2.05) is 43.3 Å². The number of likely N-dealkylation sites (tertiary alicyclic amines) is 1. The Morgan fingerprint density at radius 2 is 1.84 bits per heavy atom. The van der Waals surface area contributed by atoms with E-state index in [1.165, 1.54) is 0 Å². The number of para-hydroxylation sites is 1. The lowest BCUT2D eigenvalue weighted by molar-refractivity contribution is -0.142. The maximum atomic E-state index is 13.7. The van der Waals surface area contributed by atoms with Crippen LogP contribution in [0.3, 0.4) is 0 Å². The zero-order valence-electron chi connectivity index (χ0n) is 18.3. The predicted octanol–water partition coefficient (Wildman–Crippen LogP) is 2.31. The molecule has 1 aromatic rings. The first-order valence-electron chi connectivity index (χ1n) is 11.9. The van der Waals surface area contributed by atoms with Crippen molar-refractivity contribution in [1.82, 2.24) is 10.2 Å². The lowest BCUT2D eigenvalue weighted by Gasteiger charge is -2.33. The lowest BCUT2D eigenvalue weighted by atomic mass is 9.74. The highest BCUT2D eigenvalue weighted by Crippen LogP contribution is 2.57. The number of carbonyl (C=O) groups excluding carboxylic acids is 3. The number of hydrogen-bond acceptors (Lipinski definition) is 4. The number of hydrogen-bond donors (Lipinski definition) is 2. The number of nitrogens with zero attached hydrogens (tertiary/aromatic N) is 1.